The van der Waals surface area contributed by atoms with Gasteiger partial charge in [0.1, 0.15) is 0 Å². The number of rotatable bonds is 7. The monoisotopic (exact) mass is 467 g/mol. The second-order valence-corrected chi connectivity index (χ2v) is 9.61. The number of anilines is 1. The molecular weight excluding hydrogens is 434 g/mol. The first-order valence-electron chi connectivity index (χ1n) is 11.8. The summed E-state index contributed by atoms with van der Waals surface area (Å²) in [6, 6.07) is 12.8. The first kappa shape index (κ1) is 23.6. The molecule has 2 heterocycles. The summed E-state index contributed by atoms with van der Waals surface area (Å²) in [5.74, 6) is -0.118. The number of halogens is 1. The molecule has 1 aliphatic carbocycles. The van der Waals surface area contributed by atoms with Gasteiger partial charge in [-0.15, -0.1) is 0 Å². The van der Waals surface area contributed by atoms with Crippen molar-refractivity contribution in [3.8, 4) is 0 Å². The highest BCUT2D eigenvalue weighted by Crippen LogP contribution is 2.34. The van der Waals surface area contributed by atoms with E-state index in [1.807, 2.05) is 41.8 Å². The quantitative estimate of drug-likeness (QED) is 0.535. The molecule has 33 heavy (non-hydrogen) atoms. The van der Waals surface area contributed by atoms with E-state index in [4.69, 9.17) is 11.6 Å². The fraction of sp³-hybridized carbons (Fsp3) is 0.462. The standard InChI is InChI=1S/C26H34ClN5O/c1-5-31(21-11-9-20(10-12-21)30(3)4)25-16-19(27)15-24(18(25)2)26(33)28-17-23-8-6-7-22-13-14-29-32(22)23/h6-8,13-16,20-21H,5,9-12,17H2,1-4H3,(H,28,33). The van der Waals surface area contributed by atoms with Gasteiger partial charge >= 0.3 is 0 Å². The molecule has 176 valence electrons. The first-order chi connectivity index (χ1) is 15.9. The molecule has 1 amide bonds. The van der Waals surface area contributed by atoms with Crippen molar-refractivity contribution in [1.29, 1.82) is 0 Å². The van der Waals surface area contributed by atoms with Gasteiger partial charge in [0.05, 0.1) is 17.8 Å². The van der Waals surface area contributed by atoms with Crippen molar-refractivity contribution in [3.05, 3.63) is 64.4 Å². The van der Waals surface area contributed by atoms with Gasteiger partial charge in [0.2, 0.25) is 0 Å². The summed E-state index contributed by atoms with van der Waals surface area (Å²) in [6.45, 7) is 5.50. The van der Waals surface area contributed by atoms with E-state index in [2.05, 4.69) is 41.2 Å². The van der Waals surface area contributed by atoms with Crippen molar-refractivity contribution in [1.82, 2.24) is 19.8 Å². The zero-order chi connectivity index (χ0) is 23.5. The van der Waals surface area contributed by atoms with Crippen LogP contribution >= 0.6 is 11.6 Å². The van der Waals surface area contributed by atoms with E-state index in [0.29, 0.717) is 29.2 Å². The van der Waals surface area contributed by atoms with Crippen molar-refractivity contribution >= 4 is 28.7 Å². The maximum Gasteiger partial charge on any atom is 0.251 e. The summed E-state index contributed by atoms with van der Waals surface area (Å²) in [6.07, 6.45) is 6.45. The van der Waals surface area contributed by atoms with Crippen molar-refractivity contribution in [2.45, 2.75) is 58.2 Å². The lowest BCUT2D eigenvalue weighted by Crippen LogP contribution is -2.42. The van der Waals surface area contributed by atoms with Crippen molar-refractivity contribution in [2.75, 3.05) is 25.5 Å². The van der Waals surface area contributed by atoms with E-state index < -0.39 is 0 Å². The molecule has 0 spiro atoms. The molecule has 0 aliphatic heterocycles. The number of hydrogen-bond acceptors (Lipinski definition) is 4. The lowest BCUT2D eigenvalue weighted by molar-refractivity contribution is 0.0949. The second-order valence-electron chi connectivity index (χ2n) is 9.18. The zero-order valence-corrected chi connectivity index (χ0v) is 20.8. The molecule has 1 aromatic carbocycles. The van der Waals surface area contributed by atoms with Crippen molar-refractivity contribution in [3.63, 3.8) is 0 Å². The van der Waals surface area contributed by atoms with E-state index in [1.165, 1.54) is 12.8 Å². The van der Waals surface area contributed by atoms with Gasteiger partial charge < -0.3 is 15.1 Å². The molecule has 1 saturated carbocycles. The van der Waals surface area contributed by atoms with E-state index in [0.717, 1.165) is 41.8 Å². The second kappa shape index (κ2) is 10.1. The average Bonchev–Trinajstić information content (AvgIpc) is 3.30. The zero-order valence-electron chi connectivity index (χ0n) is 20.0. The Bertz CT molecular complexity index is 1120. The van der Waals surface area contributed by atoms with Crippen molar-refractivity contribution < 1.29 is 4.79 Å². The summed E-state index contributed by atoms with van der Waals surface area (Å²) in [5, 5.41) is 8.01. The van der Waals surface area contributed by atoms with Crippen LogP contribution in [0.3, 0.4) is 0 Å². The fourth-order valence-corrected chi connectivity index (χ4v) is 5.33. The van der Waals surface area contributed by atoms with Crippen LogP contribution in [0.2, 0.25) is 5.02 Å². The molecule has 0 radical (unpaired) electrons. The van der Waals surface area contributed by atoms with Gasteiger partial charge in [0.25, 0.3) is 5.91 Å². The predicted octanol–water partition coefficient (Wildman–Crippen LogP) is 4.93. The molecule has 6 nitrogen and oxygen atoms in total. The Morgan fingerprint density at radius 1 is 1.15 bits per heavy atom. The Labute approximate surface area is 201 Å². The number of amides is 1. The highest BCUT2D eigenvalue weighted by molar-refractivity contribution is 6.31. The van der Waals surface area contributed by atoms with Gasteiger partial charge in [-0.05, 0) is 89.5 Å². The molecule has 0 bridgehead atoms. The van der Waals surface area contributed by atoms with Crippen LogP contribution in [0.5, 0.6) is 0 Å². The summed E-state index contributed by atoms with van der Waals surface area (Å²) in [4.78, 5) is 18.0. The first-order valence-corrected chi connectivity index (χ1v) is 12.2. The molecule has 7 heteroatoms. The SMILES string of the molecule is CCN(c1cc(Cl)cc(C(=O)NCc2cccc3ccnn23)c1C)C1CCC(N(C)C)CC1. The number of nitrogens with one attached hydrogen (secondary N) is 1. The smallest absolute Gasteiger partial charge is 0.251 e. The van der Waals surface area contributed by atoms with Crippen LogP contribution in [0.4, 0.5) is 5.69 Å². The van der Waals surface area contributed by atoms with Gasteiger partial charge in [-0.25, -0.2) is 4.52 Å². The Morgan fingerprint density at radius 2 is 1.88 bits per heavy atom. The number of hydrogen-bond donors (Lipinski definition) is 1. The molecule has 1 N–H and O–H groups in total. The van der Waals surface area contributed by atoms with E-state index in [1.54, 1.807) is 12.3 Å². The number of nitrogens with zero attached hydrogens (tertiary/aromatic N) is 4. The minimum Gasteiger partial charge on any atom is -0.369 e. The minimum absolute atomic E-state index is 0.118. The molecular formula is C26H34ClN5O. The molecule has 0 unspecified atom stereocenters. The highest BCUT2D eigenvalue weighted by atomic mass is 35.5. The molecule has 4 rings (SSSR count). The number of benzene rings is 1. The maximum atomic E-state index is 13.2. The molecule has 0 atom stereocenters. The third kappa shape index (κ3) is 5.02. The number of carbonyl (C=O) groups is 1. The van der Waals surface area contributed by atoms with Gasteiger partial charge in [-0.3, -0.25) is 4.79 Å². The third-order valence-electron chi connectivity index (χ3n) is 7.01. The van der Waals surface area contributed by atoms with Gasteiger partial charge in [-0.1, -0.05) is 17.7 Å². The lowest BCUT2D eigenvalue weighted by Gasteiger charge is -2.40. The maximum absolute atomic E-state index is 13.2. The van der Waals surface area contributed by atoms with Crippen molar-refractivity contribution in [2.24, 2.45) is 0 Å². The van der Waals surface area contributed by atoms with E-state index in [9.17, 15) is 4.79 Å². The lowest BCUT2D eigenvalue weighted by atomic mass is 9.89. The minimum atomic E-state index is -0.118. The normalized spacial score (nSPS) is 18.6. The number of aromatic nitrogens is 2. The van der Waals surface area contributed by atoms with Crippen LogP contribution in [-0.2, 0) is 6.54 Å². The average molecular weight is 468 g/mol. The molecule has 1 aliphatic rings. The molecule has 0 saturated heterocycles. The Morgan fingerprint density at radius 3 is 2.58 bits per heavy atom. The fourth-order valence-electron chi connectivity index (χ4n) is 5.12. The third-order valence-corrected chi connectivity index (χ3v) is 7.23. The summed E-state index contributed by atoms with van der Waals surface area (Å²) in [7, 11) is 4.34. The Balaban J connectivity index is 1.53. The number of pyridine rings is 1. The van der Waals surface area contributed by atoms with E-state index in [-0.39, 0.29) is 5.91 Å². The van der Waals surface area contributed by atoms with E-state index >= 15 is 0 Å². The number of carbonyl (C=O) groups excluding carboxylic acids is 1. The molecule has 2 aromatic heterocycles. The van der Waals surface area contributed by atoms with Crippen LogP contribution in [0.15, 0.2) is 42.6 Å². The Kier molecular flexibility index (Phi) is 7.25. The van der Waals surface area contributed by atoms with Crippen LogP contribution in [0.25, 0.3) is 5.52 Å². The molecule has 3 aromatic rings. The summed E-state index contributed by atoms with van der Waals surface area (Å²) < 4.78 is 1.85. The van der Waals surface area contributed by atoms with Gasteiger partial charge in [0, 0.05) is 41.1 Å². The largest absolute Gasteiger partial charge is 0.369 e. The van der Waals surface area contributed by atoms with Crippen LogP contribution < -0.4 is 10.2 Å². The van der Waals surface area contributed by atoms with Gasteiger partial charge in [0.15, 0.2) is 0 Å². The van der Waals surface area contributed by atoms with Gasteiger partial charge in [-0.2, -0.15) is 5.10 Å². The molecule has 1 fully saturated rings. The Hall–Kier alpha value is -2.57. The highest BCUT2D eigenvalue weighted by Gasteiger charge is 2.28. The summed E-state index contributed by atoms with van der Waals surface area (Å²) >= 11 is 6.52. The van der Waals surface area contributed by atoms with Crippen LogP contribution in [0, 0.1) is 6.92 Å². The predicted molar refractivity (Wildman–Crippen MR) is 135 cm³/mol. The number of fused-ring (bicyclic) bond motifs is 1. The van der Waals surface area contributed by atoms with Crippen LogP contribution in [-0.4, -0.2) is 53.1 Å². The topological polar surface area (TPSA) is 52.9 Å². The summed E-state index contributed by atoms with van der Waals surface area (Å²) in [5.41, 5.74) is 4.61. The van der Waals surface area contributed by atoms with Crippen LogP contribution in [0.1, 0.15) is 54.2 Å².